The van der Waals surface area contributed by atoms with Crippen LogP contribution in [-0.4, -0.2) is 30.0 Å². The standard InChI is InChI=1S/C15H18ClN3OS.2ClH/c1-3-17-10(2)8-18-14(20)13-9-21-15(19-13)11-4-6-12(16)7-5-11;;/h4-7,9-10,17H,3,8H2,1-2H3,(H,18,20);2*1H/t10-;;/m1../s1. The molecular weight excluding hydrogens is 377 g/mol. The summed E-state index contributed by atoms with van der Waals surface area (Å²) in [5.41, 5.74) is 1.41. The second-order valence-electron chi connectivity index (χ2n) is 4.71. The first-order chi connectivity index (χ1) is 10.1. The van der Waals surface area contributed by atoms with Crippen molar-refractivity contribution in [3.8, 4) is 10.6 Å². The molecule has 1 aromatic heterocycles. The van der Waals surface area contributed by atoms with Gasteiger partial charge in [-0.15, -0.1) is 36.2 Å². The van der Waals surface area contributed by atoms with Gasteiger partial charge in [-0.2, -0.15) is 0 Å². The summed E-state index contributed by atoms with van der Waals surface area (Å²) in [6, 6.07) is 7.67. The van der Waals surface area contributed by atoms with Gasteiger partial charge in [-0.3, -0.25) is 4.79 Å². The molecule has 0 fully saturated rings. The van der Waals surface area contributed by atoms with Crippen molar-refractivity contribution in [3.63, 3.8) is 0 Å². The molecule has 0 bridgehead atoms. The first-order valence-corrected chi connectivity index (χ1v) is 8.09. The fraction of sp³-hybridized carbons (Fsp3) is 0.333. The molecule has 1 atom stereocenters. The molecule has 0 aliphatic heterocycles. The van der Waals surface area contributed by atoms with Gasteiger partial charge in [0.2, 0.25) is 0 Å². The summed E-state index contributed by atoms with van der Waals surface area (Å²) < 4.78 is 0. The van der Waals surface area contributed by atoms with Gasteiger partial charge in [0.25, 0.3) is 5.91 Å². The predicted octanol–water partition coefficient (Wildman–Crippen LogP) is 4.03. The highest BCUT2D eigenvalue weighted by Gasteiger charge is 2.12. The van der Waals surface area contributed by atoms with Gasteiger partial charge in [-0.1, -0.05) is 30.7 Å². The van der Waals surface area contributed by atoms with E-state index in [0.717, 1.165) is 17.1 Å². The van der Waals surface area contributed by atoms with Gasteiger partial charge in [0.05, 0.1) is 0 Å². The predicted molar refractivity (Wildman–Crippen MR) is 103 cm³/mol. The van der Waals surface area contributed by atoms with Crippen molar-refractivity contribution in [2.75, 3.05) is 13.1 Å². The lowest BCUT2D eigenvalue weighted by Crippen LogP contribution is -2.38. The van der Waals surface area contributed by atoms with E-state index in [1.165, 1.54) is 11.3 Å². The number of hydrogen-bond acceptors (Lipinski definition) is 4. The lowest BCUT2D eigenvalue weighted by atomic mass is 10.2. The highest BCUT2D eigenvalue weighted by Crippen LogP contribution is 2.25. The van der Waals surface area contributed by atoms with Crippen molar-refractivity contribution in [3.05, 3.63) is 40.4 Å². The lowest BCUT2D eigenvalue weighted by molar-refractivity contribution is 0.0946. The first kappa shape index (κ1) is 22.2. The summed E-state index contributed by atoms with van der Waals surface area (Å²) in [6.45, 7) is 5.54. The second-order valence-corrected chi connectivity index (χ2v) is 6.01. The summed E-state index contributed by atoms with van der Waals surface area (Å²) >= 11 is 7.31. The number of thiazole rings is 1. The quantitative estimate of drug-likeness (QED) is 0.775. The van der Waals surface area contributed by atoms with E-state index in [1.807, 2.05) is 38.1 Å². The third-order valence-electron chi connectivity index (χ3n) is 2.95. The van der Waals surface area contributed by atoms with Crippen molar-refractivity contribution < 1.29 is 4.79 Å². The smallest absolute Gasteiger partial charge is 0.270 e. The van der Waals surface area contributed by atoms with Crippen LogP contribution in [0, 0.1) is 0 Å². The Labute approximate surface area is 157 Å². The van der Waals surface area contributed by atoms with E-state index in [4.69, 9.17) is 11.6 Å². The number of nitrogens with zero attached hydrogens (tertiary/aromatic N) is 1. The number of carbonyl (C=O) groups is 1. The number of nitrogens with one attached hydrogen (secondary N) is 2. The zero-order chi connectivity index (χ0) is 15.2. The Morgan fingerprint density at radius 2 is 1.96 bits per heavy atom. The molecule has 128 valence electrons. The van der Waals surface area contributed by atoms with E-state index in [2.05, 4.69) is 15.6 Å². The van der Waals surface area contributed by atoms with Crippen molar-refractivity contribution in [2.24, 2.45) is 0 Å². The fourth-order valence-corrected chi connectivity index (χ4v) is 2.79. The largest absolute Gasteiger partial charge is 0.349 e. The summed E-state index contributed by atoms with van der Waals surface area (Å²) in [5.74, 6) is -0.142. The average Bonchev–Trinajstić information content (AvgIpc) is 2.96. The third-order valence-corrected chi connectivity index (χ3v) is 4.09. The van der Waals surface area contributed by atoms with Gasteiger partial charge in [0.1, 0.15) is 10.7 Å². The van der Waals surface area contributed by atoms with E-state index in [-0.39, 0.29) is 36.8 Å². The molecule has 23 heavy (non-hydrogen) atoms. The number of carbonyl (C=O) groups excluding carboxylic acids is 1. The molecule has 4 nitrogen and oxygen atoms in total. The van der Waals surface area contributed by atoms with Gasteiger partial charge >= 0.3 is 0 Å². The minimum atomic E-state index is -0.142. The van der Waals surface area contributed by atoms with Crippen LogP contribution in [0.2, 0.25) is 5.02 Å². The summed E-state index contributed by atoms with van der Waals surface area (Å²) in [6.07, 6.45) is 0. The number of hydrogen-bond donors (Lipinski definition) is 2. The van der Waals surface area contributed by atoms with Crippen LogP contribution in [0.3, 0.4) is 0 Å². The number of amides is 1. The maximum absolute atomic E-state index is 12.0. The van der Waals surface area contributed by atoms with E-state index in [1.54, 1.807) is 5.38 Å². The summed E-state index contributed by atoms with van der Waals surface area (Å²) in [7, 11) is 0. The minimum Gasteiger partial charge on any atom is -0.349 e. The van der Waals surface area contributed by atoms with E-state index < -0.39 is 0 Å². The number of likely N-dealkylation sites (N-methyl/N-ethyl adjacent to an activating group) is 1. The first-order valence-electron chi connectivity index (χ1n) is 6.83. The van der Waals surface area contributed by atoms with Crippen LogP contribution in [0.4, 0.5) is 0 Å². The Bertz CT molecular complexity index is 604. The zero-order valence-electron chi connectivity index (χ0n) is 12.8. The van der Waals surface area contributed by atoms with Crippen LogP contribution in [-0.2, 0) is 0 Å². The molecule has 2 N–H and O–H groups in total. The monoisotopic (exact) mass is 395 g/mol. The summed E-state index contributed by atoms with van der Waals surface area (Å²) in [5, 5.41) is 9.40. The van der Waals surface area contributed by atoms with Crippen molar-refractivity contribution in [2.45, 2.75) is 19.9 Å². The molecule has 2 rings (SSSR count). The molecule has 1 aromatic carbocycles. The van der Waals surface area contributed by atoms with Crippen LogP contribution < -0.4 is 10.6 Å². The molecule has 2 aromatic rings. The molecule has 0 radical (unpaired) electrons. The fourth-order valence-electron chi connectivity index (χ4n) is 1.86. The number of aromatic nitrogens is 1. The van der Waals surface area contributed by atoms with E-state index in [0.29, 0.717) is 17.3 Å². The van der Waals surface area contributed by atoms with Crippen LogP contribution in [0.15, 0.2) is 29.6 Å². The van der Waals surface area contributed by atoms with Crippen molar-refractivity contribution in [1.29, 1.82) is 0 Å². The molecule has 0 spiro atoms. The minimum absolute atomic E-state index is 0. The van der Waals surface area contributed by atoms with Crippen LogP contribution in [0.5, 0.6) is 0 Å². The normalized spacial score (nSPS) is 11.1. The molecule has 1 amide bonds. The van der Waals surface area contributed by atoms with Gasteiger partial charge in [0.15, 0.2) is 0 Å². The van der Waals surface area contributed by atoms with E-state index >= 15 is 0 Å². The lowest BCUT2D eigenvalue weighted by Gasteiger charge is -2.12. The van der Waals surface area contributed by atoms with E-state index in [9.17, 15) is 4.79 Å². The van der Waals surface area contributed by atoms with Crippen LogP contribution >= 0.6 is 47.8 Å². The van der Waals surface area contributed by atoms with Crippen LogP contribution in [0.25, 0.3) is 10.6 Å². The summed E-state index contributed by atoms with van der Waals surface area (Å²) in [4.78, 5) is 16.4. The Morgan fingerprint density at radius 1 is 1.30 bits per heavy atom. The maximum Gasteiger partial charge on any atom is 0.270 e. The molecule has 0 unspecified atom stereocenters. The molecule has 1 heterocycles. The van der Waals surface area contributed by atoms with Crippen molar-refractivity contribution in [1.82, 2.24) is 15.6 Å². The van der Waals surface area contributed by atoms with Gasteiger partial charge in [-0.05, 0) is 25.6 Å². The maximum atomic E-state index is 12.0. The SMILES string of the molecule is CCN[C@H](C)CNC(=O)c1csc(-c2ccc(Cl)cc2)n1.Cl.Cl. The second kappa shape index (κ2) is 10.8. The molecule has 0 saturated carbocycles. The van der Waals surface area contributed by atoms with Crippen LogP contribution in [0.1, 0.15) is 24.3 Å². The highest BCUT2D eigenvalue weighted by atomic mass is 35.5. The van der Waals surface area contributed by atoms with Gasteiger partial charge in [-0.25, -0.2) is 4.98 Å². The number of rotatable bonds is 6. The number of halogens is 3. The average molecular weight is 397 g/mol. The third kappa shape index (κ3) is 6.65. The Hall–Kier alpha value is -0.850. The van der Waals surface area contributed by atoms with Gasteiger partial charge < -0.3 is 10.6 Å². The van der Waals surface area contributed by atoms with Crippen molar-refractivity contribution >= 4 is 53.7 Å². The molecular formula is C15H20Cl3N3OS. The molecule has 0 aliphatic carbocycles. The molecule has 0 aliphatic rings. The zero-order valence-corrected chi connectivity index (χ0v) is 16.0. The topological polar surface area (TPSA) is 54.0 Å². The molecule has 8 heteroatoms. The Balaban J connectivity index is 0.00000242. The van der Waals surface area contributed by atoms with Gasteiger partial charge in [0, 0.05) is 28.6 Å². The Morgan fingerprint density at radius 3 is 2.57 bits per heavy atom. The molecule has 0 saturated heterocycles. The highest BCUT2D eigenvalue weighted by molar-refractivity contribution is 7.13. The Kier molecular flexibility index (Phi) is 10.4. The number of benzene rings is 1.